The van der Waals surface area contributed by atoms with Crippen molar-refractivity contribution < 1.29 is 13.2 Å². The topological polar surface area (TPSA) is 70.7 Å². The van der Waals surface area contributed by atoms with E-state index < -0.39 is 10.2 Å². The Morgan fingerprint density at radius 2 is 2.17 bits per heavy atom. The quantitative estimate of drug-likeness (QED) is 0.573. The zero-order valence-corrected chi connectivity index (χ0v) is 12.1. The summed E-state index contributed by atoms with van der Waals surface area (Å²) in [6.45, 7) is 3.41. The lowest BCUT2D eigenvalue weighted by Crippen LogP contribution is -2.40. The first-order chi connectivity index (χ1) is 8.56. The molecule has 1 saturated heterocycles. The summed E-state index contributed by atoms with van der Waals surface area (Å²) >= 11 is 0. The lowest BCUT2D eigenvalue weighted by molar-refractivity contribution is 0.184. The van der Waals surface area contributed by atoms with E-state index in [9.17, 15) is 8.42 Å². The number of rotatable bonds is 9. The third kappa shape index (κ3) is 5.62. The van der Waals surface area contributed by atoms with Crippen LogP contribution in [0.1, 0.15) is 19.3 Å². The largest absolute Gasteiger partial charge is 0.381 e. The molecule has 1 heterocycles. The summed E-state index contributed by atoms with van der Waals surface area (Å²) in [5.74, 6) is 0.502. The van der Waals surface area contributed by atoms with Gasteiger partial charge in [0.15, 0.2) is 0 Å². The maximum Gasteiger partial charge on any atom is 0.279 e. The van der Waals surface area contributed by atoms with Gasteiger partial charge in [-0.25, -0.2) is 4.72 Å². The van der Waals surface area contributed by atoms with Crippen molar-refractivity contribution in [1.82, 2.24) is 14.3 Å². The van der Waals surface area contributed by atoms with Crippen LogP contribution in [0, 0.1) is 5.92 Å². The predicted octanol–water partition coefficient (Wildman–Crippen LogP) is -0.211. The fourth-order valence-electron chi connectivity index (χ4n) is 1.91. The first kappa shape index (κ1) is 15.8. The Hall–Kier alpha value is -0.210. The van der Waals surface area contributed by atoms with Gasteiger partial charge >= 0.3 is 0 Å². The van der Waals surface area contributed by atoms with Crippen molar-refractivity contribution in [2.24, 2.45) is 5.92 Å². The molecule has 0 aliphatic carbocycles. The van der Waals surface area contributed by atoms with Crippen LogP contribution in [0.5, 0.6) is 0 Å². The molecule has 1 aliphatic heterocycles. The molecule has 0 aromatic rings. The Bertz CT molecular complexity index is 315. The zero-order valence-electron chi connectivity index (χ0n) is 11.3. The molecule has 1 unspecified atom stereocenters. The highest BCUT2D eigenvalue weighted by Crippen LogP contribution is 2.15. The number of ether oxygens (including phenoxy) is 1. The summed E-state index contributed by atoms with van der Waals surface area (Å²) in [5, 5.41) is 3.00. The third-order valence-corrected chi connectivity index (χ3v) is 4.74. The lowest BCUT2D eigenvalue weighted by Gasteiger charge is -2.18. The molecule has 1 fully saturated rings. The normalized spacial score (nSPS) is 20.7. The van der Waals surface area contributed by atoms with Gasteiger partial charge in [-0.05, 0) is 38.8 Å². The molecule has 0 spiro atoms. The predicted molar refractivity (Wildman–Crippen MR) is 71.6 cm³/mol. The van der Waals surface area contributed by atoms with E-state index in [1.165, 1.54) is 4.31 Å². The van der Waals surface area contributed by atoms with Crippen LogP contribution in [-0.2, 0) is 14.9 Å². The van der Waals surface area contributed by atoms with Crippen molar-refractivity contribution in [3.63, 3.8) is 0 Å². The first-order valence-electron chi connectivity index (χ1n) is 6.49. The monoisotopic (exact) mass is 279 g/mol. The van der Waals surface area contributed by atoms with E-state index in [1.807, 2.05) is 7.05 Å². The fourth-order valence-corrected chi connectivity index (χ4v) is 2.88. The van der Waals surface area contributed by atoms with Crippen molar-refractivity contribution >= 4 is 10.2 Å². The Morgan fingerprint density at radius 1 is 1.39 bits per heavy atom. The first-order valence-corrected chi connectivity index (χ1v) is 7.93. The van der Waals surface area contributed by atoms with Gasteiger partial charge in [0, 0.05) is 33.4 Å². The highest BCUT2D eigenvalue weighted by molar-refractivity contribution is 7.87. The van der Waals surface area contributed by atoms with Gasteiger partial charge in [0.2, 0.25) is 0 Å². The molecule has 18 heavy (non-hydrogen) atoms. The molecule has 0 saturated carbocycles. The molecule has 1 aliphatic rings. The molecule has 6 nitrogen and oxygen atoms in total. The van der Waals surface area contributed by atoms with E-state index in [0.29, 0.717) is 19.0 Å². The minimum atomic E-state index is -3.32. The third-order valence-electron chi connectivity index (χ3n) is 3.17. The Morgan fingerprint density at radius 3 is 2.78 bits per heavy atom. The average Bonchev–Trinajstić information content (AvgIpc) is 2.82. The van der Waals surface area contributed by atoms with Gasteiger partial charge in [0.05, 0.1) is 0 Å². The molecule has 1 rings (SSSR count). The van der Waals surface area contributed by atoms with E-state index >= 15 is 0 Å². The molecule has 0 radical (unpaired) electrons. The Kier molecular flexibility index (Phi) is 7.10. The number of hydrogen-bond acceptors (Lipinski definition) is 4. The SMILES string of the molecule is CNCCCN(C)S(=O)(=O)NCCC1CCOC1. The van der Waals surface area contributed by atoms with Crippen LogP contribution in [0.25, 0.3) is 0 Å². The summed E-state index contributed by atoms with van der Waals surface area (Å²) in [4.78, 5) is 0. The van der Waals surface area contributed by atoms with Gasteiger partial charge in [-0.3, -0.25) is 0 Å². The van der Waals surface area contributed by atoms with Crippen molar-refractivity contribution in [1.29, 1.82) is 0 Å². The van der Waals surface area contributed by atoms with Gasteiger partial charge in [-0.2, -0.15) is 12.7 Å². The minimum Gasteiger partial charge on any atom is -0.381 e. The molecule has 7 heteroatoms. The second-order valence-electron chi connectivity index (χ2n) is 4.70. The minimum absolute atomic E-state index is 0.493. The van der Waals surface area contributed by atoms with Crippen molar-refractivity contribution in [2.75, 3.05) is 46.9 Å². The summed E-state index contributed by atoms with van der Waals surface area (Å²) in [6, 6.07) is 0. The molecule has 1 atom stereocenters. The molecule has 0 aromatic carbocycles. The smallest absolute Gasteiger partial charge is 0.279 e. The van der Waals surface area contributed by atoms with Gasteiger partial charge in [-0.15, -0.1) is 0 Å². The molecular formula is C11H25N3O3S. The van der Waals surface area contributed by atoms with Crippen LogP contribution in [0.3, 0.4) is 0 Å². The number of nitrogens with zero attached hydrogens (tertiary/aromatic N) is 1. The fraction of sp³-hybridized carbons (Fsp3) is 1.00. The average molecular weight is 279 g/mol. The summed E-state index contributed by atoms with van der Waals surface area (Å²) in [6.07, 6.45) is 2.70. The number of hydrogen-bond donors (Lipinski definition) is 2. The molecule has 0 aromatic heterocycles. The van der Waals surface area contributed by atoms with Gasteiger partial charge in [-0.1, -0.05) is 0 Å². The molecular weight excluding hydrogens is 254 g/mol. The van der Waals surface area contributed by atoms with Crippen LogP contribution < -0.4 is 10.0 Å². The second-order valence-corrected chi connectivity index (χ2v) is 6.56. The van der Waals surface area contributed by atoms with Gasteiger partial charge in [0.25, 0.3) is 10.2 Å². The summed E-state index contributed by atoms with van der Waals surface area (Å²) in [7, 11) is 0.148. The van der Waals surface area contributed by atoms with E-state index in [2.05, 4.69) is 10.0 Å². The van der Waals surface area contributed by atoms with Crippen LogP contribution in [0.15, 0.2) is 0 Å². The van der Waals surface area contributed by atoms with Crippen molar-refractivity contribution in [3.05, 3.63) is 0 Å². The second kappa shape index (κ2) is 8.06. The molecule has 0 bridgehead atoms. The Balaban J connectivity index is 2.20. The maximum absolute atomic E-state index is 11.9. The highest BCUT2D eigenvalue weighted by Gasteiger charge is 2.19. The van der Waals surface area contributed by atoms with Crippen LogP contribution in [-0.4, -0.2) is 59.7 Å². The van der Waals surface area contributed by atoms with Crippen LogP contribution >= 0.6 is 0 Å². The summed E-state index contributed by atoms with van der Waals surface area (Å²) < 4.78 is 33.0. The van der Waals surface area contributed by atoms with E-state index in [4.69, 9.17) is 4.74 Å². The lowest BCUT2D eigenvalue weighted by atomic mass is 10.1. The van der Waals surface area contributed by atoms with Gasteiger partial charge in [0.1, 0.15) is 0 Å². The summed E-state index contributed by atoms with van der Waals surface area (Å²) in [5.41, 5.74) is 0. The standard InChI is InChI=1S/C11H25N3O3S/c1-12-6-3-8-14(2)18(15,16)13-7-4-11-5-9-17-10-11/h11-13H,3-10H2,1-2H3. The Labute approximate surface area is 110 Å². The van der Waals surface area contributed by atoms with Crippen LogP contribution in [0.2, 0.25) is 0 Å². The van der Waals surface area contributed by atoms with E-state index in [0.717, 1.165) is 39.0 Å². The molecule has 0 amide bonds. The highest BCUT2D eigenvalue weighted by atomic mass is 32.2. The maximum atomic E-state index is 11.9. The van der Waals surface area contributed by atoms with E-state index in [1.54, 1.807) is 7.05 Å². The van der Waals surface area contributed by atoms with Crippen molar-refractivity contribution in [2.45, 2.75) is 19.3 Å². The van der Waals surface area contributed by atoms with Crippen molar-refractivity contribution in [3.8, 4) is 0 Å². The number of nitrogens with one attached hydrogen (secondary N) is 2. The van der Waals surface area contributed by atoms with E-state index in [-0.39, 0.29) is 0 Å². The van der Waals surface area contributed by atoms with Gasteiger partial charge < -0.3 is 10.1 Å². The molecule has 108 valence electrons. The molecule has 2 N–H and O–H groups in total. The zero-order chi connectivity index (χ0) is 13.4. The van der Waals surface area contributed by atoms with Crippen LogP contribution in [0.4, 0.5) is 0 Å².